The first-order valence-electron chi connectivity index (χ1n) is 9.13. The molecule has 1 aromatic carbocycles. The standard InChI is InChI=1S/C19H28N2O3S/c1-4-15-5-7-16(8-6-15)11-20-9-10-21(19(22)14(2)3)18-13-25(23,24)12-17(18)20/h5-8,14,17-18H,4,9-13H2,1-3H3/t17-,18+/m0/s1. The zero-order valence-electron chi connectivity index (χ0n) is 15.3. The van der Waals surface area contributed by atoms with Crippen molar-refractivity contribution in [3.63, 3.8) is 0 Å². The van der Waals surface area contributed by atoms with E-state index < -0.39 is 9.84 Å². The first-order valence-corrected chi connectivity index (χ1v) is 11.0. The fraction of sp³-hybridized carbons (Fsp3) is 0.632. The van der Waals surface area contributed by atoms with Crippen molar-refractivity contribution in [2.45, 2.75) is 45.8 Å². The average molecular weight is 365 g/mol. The summed E-state index contributed by atoms with van der Waals surface area (Å²) < 4.78 is 24.5. The number of carbonyl (C=O) groups excluding carboxylic acids is 1. The molecule has 0 bridgehead atoms. The Hall–Kier alpha value is -1.40. The quantitative estimate of drug-likeness (QED) is 0.816. The molecule has 0 unspecified atom stereocenters. The van der Waals surface area contributed by atoms with Gasteiger partial charge in [-0.2, -0.15) is 0 Å². The predicted molar refractivity (Wildman–Crippen MR) is 99.0 cm³/mol. The van der Waals surface area contributed by atoms with Crippen molar-refractivity contribution in [3.05, 3.63) is 35.4 Å². The van der Waals surface area contributed by atoms with Gasteiger partial charge in [0.05, 0.1) is 17.5 Å². The molecule has 3 rings (SSSR count). The summed E-state index contributed by atoms with van der Waals surface area (Å²) in [7, 11) is -3.09. The number of nitrogens with zero attached hydrogens (tertiary/aromatic N) is 2. The van der Waals surface area contributed by atoms with E-state index >= 15 is 0 Å². The number of fused-ring (bicyclic) bond motifs is 1. The van der Waals surface area contributed by atoms with E-state index in [4.69, 9.17) is 0 Å². The van der Waals surface area contributed by atoms with E-state index in [-0.39, 0.29) is 35.4 Å². The Bertz CT molecular complexity index is 728. The highest BCUT2D eigenvalue weighted by molar-refractivity contribution is 7.91. The maximum atomic E-state index is 12.5. The molecule has 0 aliphatic carbocycles. The highest BCUT2D eigenvalue weighted by Gasteiger charge is 2.48. The molecule has 138 valence electrons. The monoisotopic (exact) mass is 364 g/mol. The SMILES string of the molecule is CCc1ccc(CN2CCN(C(=O)C(C)C)[C@@H]3CS(=O)(=O)C[C@@H]32)cc1. The van der Waals surface area contributed by atoms with Crippen LogP contribution in [0.5, 0.6) is 0 Å². The molecular weight excluding hydrogens is 336 g/mol. The molecule has 1 aromatic rings. The Balaban J connectivity index is 1.79. The minimum absolute atomic E-state index is 0.0686. The topological polar surface area (TPSA) is 57.7 Å². The Morgan fingerprint density at radius 2 is 1.68 bits per heavy atom. The van der Waals surface area contributed by atoms with Crippen LogP contribution in [-0.2, 0) is 27.6 Å². The minimum atomic E-state index is -3.09. The second-order valence-electron chi connectivity index (χ2n) is 7.54. The number of amides is 1. The number of aryl methyl sites for hydroxylation is 1. The Labute approximate surface area is 150 Å². The van der Waals surface area contributed by atoms with Crippen LogP contribution in [0.4, 0.5) is 0 Å². The van der Waals surface area contributed by atoms with E-state index in [0.717, 1.165) is 19.5 Å². The number of rotatable bonds is 4. The molecular formula is C19H28N2O3S. The van der Waals surface area contributed by atoms with Gasteiger partial charge in [-0.3, -0.25) is 9.69 Å². The molecule has 2 saturated heterocycles. The van der Waals surface area contributed by atoms with Gasteiger partial charge in [-0.15, -0.1) is 0 Å². The molecule has 0 aromatic heterocycles. The maximum absolute atomic E-state index is 12.5. The fourth-order valence-corrected chi connectivity index (χ4v) is 5.95. The van der Waals surface area contributed by atoms with Crippen LogP contribution in [0.15, 0.2) is 24.3 Å². The fourth-order valence-electron chi connectivity index (χ4n) is 3.94. The second-order valence-corrected chi connectivity index (χ2v) is 9.69. The van der Waals surface area contributed by atoms with Crippen molar-refractivity contribution in [2.75, 3.05) is 24.6 Å². The molecule has 0 radical (unpaired) electrons. The van der Waals surface area contributed by atoms with E-state index in [0.29, 0.717) is 6.54 Å². The lowest BCUT2D eigenvalue weighted by atomic mass is 10.0. The van der Waals surface area contributed by atoms with Crippen LogP contribution in [0.3, 0.4) is 0 Å². The maximum Gasteiger partial charge on any atom is 0.225 e. The number of hydrogen-bond acceptors (Lipinski definition) is 4. The first-order chi connectivity index (χ1) is 11.8. The van der Waals surface area contributed by atoms with Gasteiger partial charge in [0.2, 0.25) is 5.91 Å². The van der Waals surface area contributed by atoms with E-state index in [9.17, 15) is 13.2 Å². The molecule has 2 aliphatic rings. The van der Waals surface area contributed by atoms with Crippen LogP contribution in [0, 0.1) is 5.92 Å². The van der Waals surface area contributed by atoms with E-state index in [1.807, 2.05) is 18.7 Å². The third-order valence-corrected chi connectivity index (χ3v) is 7.08. The van der Waals surface area contributed by atoms with E-state index in [1.54, 1.807) is 0 Å². The minimum Gasteiger partial charge on any atom is -0.336 e. The number of sulfone groups is 1. The number of piperazine rings is 1. The summed E-state index contributed by atoms with van der Waals surface area (Å²) in [6, 6.07) is 8.23. The summed E-state index contributed by atoms with van der Waals surface area (Å²) in [5.41, 5.74) is 2.50. The van der Waals surface area contributed by atoms with Crippen LogP contribution in [0.25, 0.3) is 0 Å². The summed E-state index contributed by atoms with van der Waals surface area (Å²) >= 11 is 0. The van der Waals surface area contributed by atoms with Gasteiger partial charge in [-0.05, 0) is 17.5 Å². The Morgan fingerprint density at radius 3 is 2.28 bits per heavy atom. The Kier molecular flexibility index (Phi) is 5.21. The van der Waals surface area contributed by atoms with E-state index in [1.165, 1.54) is 11.1 Å². The lowest BCUT2D eigenvalue weighted by molar-refractivity contribution is -0.140. The Morgan fingerprint density at radius 1 is 1.08 bits per heavy atom. The molecule has 6 heteroatoms. The van der Waals surface area contributed by atoms with Gasteiger partial charge in [0, 0.05) is 31.6 Å². The normalized spacial score (nSPS) is 26.0. The van der Waals surface area contributed by atoms with Crippen molar-refractivity contribution in [3.8, 4) is 0 Å². The molecule has 0 saturated carbocycles. The van der Waals surface area contributed by atoms with Crippen molar-refractivity contribution in [1.29, 1.82) is 0 Å². The van der Waals surface area contributed by atoms with Gasteiger partial charge >= 0.3 is 0 Å². The molecule has 2 atom stereocenters. The molecule has 2 fully saturated rings. The second kappa shape index (κ2) is 7.08. The highest BCUT2D eigenvalue weighted by Crippen LogP contribution is 2.29. The van der Waals surface area contributed by atoms with Crippen molar-refractivity contribution in [2.24, 2.45) is 5.92 Å². The van der Waals surface area contributed by atoms with Gasteiger partial charge in [0.1, 0.15) is 0 Å². The van der Waals surface area contributed by atoms with Crippen LogP contribution >= 0.6 is 0 Å². The summed E-state index contributed by atoms with van der Waals surface area (Å²) in [5.74, 6) is 0.227. The van der Waals surface area contributed by atoms with Crippen LogP contribution < -0.4 is 0 Å². The lowest BCUT2D eigenvalue weighted by Gasteiger charge is -2.44. The van der Waals surface area contributed by atoms with E-state index in [2.05, 4.69) is 36.1 Å². The van der Waals surface area contributed by atoms with Crippen molar-refractivity contribution < 1.29 is 13.2 Å². The van der Waals surface area contributed by atoms with Crippen molar-refractivity contribution in [1.82, 2.24) is 9.80 Å². The van der Waals surface area contributed by atoms with Crippen LogP contribution in [0.1, 0.15) is 31.9 Å². The van der Waals surface area contributed by atoms with Gasteiger partial charge < -0.3 is 4.90 Å². The number of benzene rings is 1. The lowest BCUT2D eigenvalue weighted by Crippen LogP contribution is -2.60. The molecule has 0 spiro atoms. The molecule has 1 amide bonds. The molecule has 2 aliphatic heterocycles. The summed E-state index contributed by atoms with van der Waals surface area (Å²) in [6.45, 7) is 7.97. The molecule has 5 nitrogen and oxygen atoms in total. The third kappa shape index (κ3) is 3.90. The first kappa shape index (κ1) is 18.4. The predicted octanol–water partition coefficient (Wildman–Crippen LogP) is 1.71. The van der Waals surface area contributed by atoms with Gasteiger partial charge in [0.25, 0.3) is 0 Å². The smallest absolute Gasteiger partial charge is 0.225 e. The summed E-state index contributed by atoms with van der Waals surface area (Å²) in [5, 5.41) is 0. The van der Waals surface area contributed by atoms with Gasteiger partial charge in [-0.1, -0.05) is 45.0 Å². The van der Waals surface area contributed by atoms with Gasteiger partial charge in [-0.25, -0.2) is 8.42 Å². The molecule has 2 heterocycles. The summed E-state index contributed by atoms with van der Waals surface area (Å²) in [6.07, 6.45) is 1.01. The van der Waals surface area contributed by atoms with Crippen LogP contribution in [-0.4, -0.2) is 60.8 Å². The molecule has 25 heavy (non-hydrogen) atoms. The summed E-state index contributed by atoms with van der Waals surface area (Å²) in [4.78, 5) is 16.6. The van der Waals surface area contributed by atoms with Crippen LogP contribution in [0.2, 0.25) is 0 Å². The third-order valence-electron chi connectivity index (χ3n) is 5.38. The number of hydrogen-bond donors (Lipinski definition) is 0. The average Bonchev–Trinajstić information content (AvgIpc) is 2.90. The zero-order valence-corrected chi connectivity index (χ0v) is 16.1. The zero-order chi connectivity index (χ0) is 18.2. The van der Waals surface area contributed by atoms with Gasteiger partial charge in [0.15, 0.2) is 9.84 Å². The highest BCUT2D eigenvalue weighted by atomic mass is 32.2. The number of carbonyl (C=O) groups is 1. The largest absolute Gasteiger partial charge is 0.336 e. The van der Waals surface area contributed by atoms with Crippen molar-refractivity contribution >= 4 is 15.7 Å². The molecule has 0 N–H and O–H groups in total.